The Morgan fingerprint density at radius 3 is 2.46 bits per heavy atom. The molecule has 0 radical (unpaired) electrons. The maximum Gasteiger partial charge on any atom is 0.106 e. The van der Waals surface area contributed by atoms with Gasteiger partial charge in [-0.05, 0) is 12.1 Å². The molecule has 2 nitrogen and oxygen atoms in total. The maximum atomic E-state index is 4.73. The summed E-state index contributed by atoms with van der Waals surface area (Å²) in [5, 5.41) is 4.58. The van der Waals surface area contributed by atoms with Crippen molar-refractivity contribution in [2.24, 2.45) is 5.16 Å². The van der Waals surface area contributed by atoms with Crippen LogP contribution in [0, 0.1) is 0 Å². The molecular weight excluding hydrogens is 298 g/mol. The molecule has 0 unspecified atom stereocenters. The fourth-order valence-electron chi connectivity index (χ4n) is 0.907. The molecule has 1 rings (SSSR count). The predicted molar refractivity (Wildman–Crippen MR) is 61.5 cm³/mol. The molecule has 0 aliphatic carbocycles. The minimum absolute atomic E-state index is 0.683. The predicted octanol–water partition coefficient (Wildman–Crippen LogP) is 3.19. The van der Waals surface area contributed by atoms with Gasteiger partial charge in [0.25, 0.3) is 0 Å². The third-order valence-electron chi connectivity index (χ3n) is 1.51. The van der Waals surface area contributed by atoms with Crippen molar-refractivity contribution in [2.75, 3.05) is 12.4 Å². The lowest BCUT2D eigenvalue weighted by Gasteiger charge is -2.01. The van der Waals surface area contributed by atoms with Crippen molar-refractivity contribution in [1.82, 2.24) is 0 Å². The van der Waals surface area contributed by atoms with Gasteiger partial charge in [0.2, 0.25) is 0 Å². The first-order valence-corrected chi connectivity index (χ1v) is 5.61. The Morgan fingerprint density at radius 2 is 2.00 bits per heavy atom. The molecule has 0 aliphatic heterocycles. The van der Waals surface area contributed by atoms with Crippen LogP contribution in [0.1, 0.15) is 5.56 Å². The highest BCUT2D eigenvalue weighted by atomic mass is 79.9. The number of alkyl halides is 1. The van der Waals surface area contributed by atoms with E-state index < -0.39 is 0 Å². The van der Waals surface area contributed by atoms with E-state index >= 15 is 0 Å². The normalized spacial score (nSPS) is 11.5. The zero-order chi connectivity index (χ0) is 9.68. The Kier molecular flexibility index (Phi) is 4.45. The van der Waals surface area contributed by atoms with Crippen LogP contribution < -0.4 is 0 Å². The number of rotatable bonds is 3. The molecule has 1 aromatic carbocycles. The van der Waals surface area contributed by atoms with Crippen LogP contribution in [0.2, 0.25) is 0 Å². The molecule has 0 aliphatic rings. The van der Waals surface area contributed by atoms with Crippen molar-refractivity contribution in [2.45, 2.75) is 0 Å². The van der Waals surface area contributed by atoms with Crippen molar-refractivity contribution >= 4 is 37.6 Å². The second-order valence-electron chi connectivity index (χ2n) is 2.36. The van der Waals surface area contributed by atoms with Crippen molar-refractivity contribution in [1.29, 1.82) is 0 Å². The van der Waals surface area contributed by atoms with Crippen molar-refractivity contribution in [3.63, 3.8) is 0 Å². The molecule has 0 atom stereocenters. The van der Waals surface area contributed by atoms with Crippen LogP contribution in [-0.4, -0.2) is 18.2 Å². The zero-order valence-corrected chi connectivity index (χ0v) is 10.3. The lowest BCUT2D eigenvalue weighted by atomic mass is 10.1. The molecular formula is C9H9Br2NO. The van der Waals surface area contributed by atoms with Gasteiger partial charge >= 0.3 is 0 Å². The lowest BCUT2D eigenvalue weighted by molar-refractivity contribution is 0.213. The summed E-state index contributed by atoms with van der Waals surface area (Å²) in [6.07, 6.45) is 0. The van der Waals surface area contributed by atoms with E-state index in [1.54, 1.807) is 7.11 Å². The fraction of sp³-hybridized carbons (Fsp3) is 0.222. The monoisotopic (exact) mass is 305 g/mol. The number of benzene rings is 1. The smallest absolute Gasteiger partial charge is 0.106 e. The van der Waals surface area contributed by atoms with Gasteiger partial charge in [0.1, 0.15) is 7.11 Å². The molecule has 0 aromatic heterocycles. The number of hydrogen-bond acceptors (Lipinski definition) is 2. The van der Waals surface area contributed by atoms with E-state index in [0.717, 1.165) is 15.7 Å². The summed E-state index contributed by atoms with van der Waals surface area (Å²) in [7, 11) is 1.54. The van der Waals surface area contributed by atoms with Gasteiger partial charge < -0.3 is 4.84 Å². The molecule has 0 N–H and O–H groups in total. The van der Waals surface area contributed by atoms with Gasteiger partial charge in [0.05, 0.1) is 5.71 Å². The summed E-state index contributed by atoms with van der Waals surface area (Å²) >= 11 is 6.72. The van der Waals surface area contributed by atoms with Crippen LogP contribution in [-0.2, 0) is 4.84 Å². The standard InChI is InChI=1S/C9H9Br2NO/c1-13-12-9(6-10)7-2-4-8(11)5-3-7/h2-5H,6H2,1H3/b12-9+. The lowest BCUT2D eigenvalue weighted by Crippen LogP contribution is -2.02. The molecule has 0 heterocycles. The van der Waals surface area contributed by atoms with Gasteiger partial charge in [-0.3, -0.25) is 0 Å². The Labute approximate surface area is 94.2 Å². The first-order valence-electron chi connectivity index (χ1n) is 3.70. The Balaban J connectivity index is 2.92. The molecule has 0 amide bonds. The number of halogens is 2. The van der Waals surface area contributed by atoms with Crippen LogP contribution >= 0.6 is 31.9 Å². The van der Waals surface area contributed by atoms with Crippen LogP contribution in [0.25, 0.3) is 0 Å². The highest BCUT2D eigenvalue weighted by Gasteiger charge is 2.01. The van der Waals surface area contributed by atoms with Gasteiger partial charge in [-0.2, -0.15) is 0 Å². The topological polar surface area (TPSA) is 21.6 Å². The first-order chi connectivity index (χ1) is 6.27. The minimum Gasteiger partial charge on any atom is -0.399 e. The molecule has 13 heavy (non-hydrogen) atoms. The van der Waals surface area contributed by atoms with E-state index in [9.17, 15) is 0 Å². The average molecular weight is 307 g/mol. The molecule has 1 aromatic rings. The summed E-state index contributed by atoms with van der Waals surface area (Å²) in [5.74, 6) is 0. The van der Waals surface area contributed by atoms with E-state index in [2.05, 4.69) is 37.0 Å². The summed E-state index contributed by atoms with van der Waals surface area (Å²) in [4.78, 5) is 4.73. The van der Waals surface area contributed by atoms with Crippen LogP contribution in [0.15, 0.2) is 33.9 Å². The molecule has 0 fully saturated rings. The summed E-state index contributed by atoms with van der Waals surface area (Å²) < 4.78 is 1.06. The fourth-order valence-corrected chi connectivity index (χ4v) is 1.60. The van der Waals surface area contributed by atoms with E-state index in [-0.39, 0.29) is 0 Å². The molecule has 4 heteroatoms. The van der Waals surface area contributed by atoms with Gasteiger partial charge in [-0.25, -0.2) is 0 Å². The third-order valence-corrected chi connectivity index (χ3v) is 2.57. The van der Waals surface area contributed by atoms with E-state index in [1.807, 2.05) is 24.3 Å². The molecule has 0 spiro atoms. The second-order valence-corrected chi connectivity index (χ2v) is 3.84. The Bertz CT molecular complexity index is 295. The zero-order valence-electron chi connectivity index (χ0n) is 7.13. The quantitative estimate of drug-likeness (QED) is 0.477. The second kappa shape index (κ2) is 5.40. The Hall–Kier alpha value is -0.350. The van der Waals surface area contributed by atoms with Gasteiger partial charge in [-0.15, -0.1) is 0 Å². The highest BCUT2D eigenvalue weighted by Crippen LogP contribution is 2.12. The van der Waals surface area contributed by atoms with E-state index in [1.165, 1.54) is 0 Å². The molecule has 0 bridgehead atoms. The summed E-state index contributed by atoms with van der Waals surface area (Å²) in [5.41, 5.74) is 1.94. The van der Waals surface area contributed by atoms with Gasteiger partial charge in [0.15, 0.2) is 0 Å². The van der Waals surface area contributed by atoms with Crippen LogP contribution in [0.3, 0.4) is 0 Å². The number of oxime groups is 1. The Morgan fingerprint density at radius 1 is 1.38 bits per heavy atom. The minimum atomic E-state index is 0.683. The highest BCUT2D eigenvalue weighted by molar-refractivity contribution is 9.10. The van der Waals surface area contributed by atoms with Crippen molar-refractivity contribution < 1.29 is 4.84 Å². The van der Waals surface area contributed by atoms with Crippen LogP contribution in [0.5, 0.6) is 0 Å². The molecule has 0 saturated heterocycles. The first kappa shape index (κ1) is 10.7. The summed E-state index contributed by atoms with van der Waals surface area (Å²) in [6.45, 7) is 0. The van der Waals surface area contributed by atoms with Crippen LogP contribution in [0.4, 0.5) is 0 Å². The molecule has 70 valence electrons. The van der Waals surface area contributed by atoms with E-state index in [4.69, 9.17) is 4.84 Å². The maximum absolute atomic E-state index is 4.73. The van der Waals surface area contributed by atoms with Crippen molar-refractivity contribution in [3.8, 4) is 0 Å². The van der Waals surface area contributed by atoms with Gasteiger partial charge in [0, 0.05) is 15.4 Å². The largest absolute Gasteiger partial charge is 0.399 e. The summed E-state index contributed by atoms with van der Waals surface area (Å²) in [6, 6.07) is 7.93. The molecule has 0 saturated carbocycles. The van der Waals surface area contributed by atoms with Crippen molar-refractivity contribution in [3.05, 3.63) is 34.3 Å². The van der Waals surface area contributed by atoms with Gasteiger partial charge in [-0.1, -0.05) is 49.1 Å². The number of hydrogen-bond donors (Lipinski definition) is 0. The average Bonchev–Trinajstić information content (AvgIpc) is 2.16. The third kappa shape index (κ3) is 3.12. The number of nitrogens with zero attached hydrogens (tertiary/aromatic N) is 1. The van der Waals surface area contributed by atoms with E-state index in [0.29, 0.717) is 5.33 Å². The SMILES string of the molecule is CO/N=C(\CBr)c1ccc(Br)cc1.